The first-order valence-corrected chi connectivity index (χ1v) is 13.8. The number of hydrogen-bond donors (Lipinski definition) is 2. The van der Waals surface area contributed by atoms with E-state index in [0.717, 1.165) is 42.8 Å². The average Bonchev–Trinajstić information content (AvgIpc) is 3.14. The van der Waals surface area contributed by atoms with E-state index < -0.39 is 0 Å². The summed E-state index contributed by atoms with van der Waals surface area (Å²) < 4.78 is 5.25. The van der Waals surface area contributed by atoms with Crippen LogP contribution in [0, 0.1) is 0 Å². The molecule has 1 aromatic rings. The molecular formula is C26H44N2O3S. The highest BCUT2D eigenvalue weighted by molar-refractivity contribution is 7.17. The SMILES string of the molecule is CCCCCCCCCCCCCCCC(=O)Nc1sc2c(c1C(=O)OCC)CCNC2. The Morgan fingerprint density at radius 1 is 0.906 bits per heavy atom. The largest absolute Gasteiger partial charge is 0.462 e. The van der Waals surface area contributed by atoms with Crippen molar-refractivity contribution in [3.8, 4) is 0 Å². The fourth-order valence-corrected chi connectivity index (χ4v) is 5.56. The summed E-state index contributed by atoms with van der Waals surface area (Å²) in [5, 5.41) is 7.00. The van der Waals surface area contributed by atoms with Gasteiger partial charge in [-0.25, -0.2) is 4.79 Å². The van der Waals surface area contributed by atoms with Crippen LogP contribution in [0.1, 0.15) is 125 Å². The molecule has 0 saturated carbocycles. The highest BCUT2D eigenvalue weighted by atomic mass is 32.1. The van der Waals surface area contributed by atoms with Crippen LogP contribution in [0.5, 0.6) is 0 Å². The third-order valence-corrected chi connectivity index (χ3v) is 7.32. The van der Waals surface area contributed by atoms with Crippen LogP contribution in [0.3, 0.4) is 0 Å². The summed E-state index contributed by atoms with van der Waals surface area (Å²) in [6.45, 7) is 6.02. The van der Waals surface area contributed by atoms with Gasteiger partial charge in [-0.2, -0.15) is 0 Å². The second-order valence-corrected chi connectivity index (χ2v) is 10.0. The van der Waals surface area contributed by atoms with Gasteiger partial charge in [0.2, 0.25) is 5.91 Å². The van der Waals surface area contributed by atoms with Gasteiger partial charge >= 0.3 is 5.97 Å². The standard InChI is InChI=1S/C26H44N2O3S/c1-3-5-6-7-8-9-10-11-12-13-14-15-16-17-23(29)28-25-24(26(30)31-4-2)21-18-19-27-20-22(21)32-25/h27H,3-20H2,1-2H3,(H,28,29). The third kappa shape index (κ3) is 9.62. The Morgan fingerprint density at radius 2 is 1.50 bits per heavy atom. The van der Waals surface area contributed by atoms with Gasteiger partial charge in [0.25, 0.3) is 0 Å². The fourth-order valence-electron chi connectivity index (χ4n) is 4.33. The van der Waals surface area contributed by atoms with E-state index in [-0.39, 0.29) is 11.9 Å². The Kier molecular flexibility index (Phi) is 13.6. The monoisotopic (exact) mass is 464 g/mol. The van der Waals surface area contributed by atoms with Crippen LogP contribution >= 0.6 is 11.3 Å². The van der Waals surface area contributed by atoms with E-state index in [1.54, 1.807) is 0 Å². The highest BCUT2D eigenvalue weighted by Gasteiger charge is 2.27. The number of amides is 1. The molecule has 0 radical (unpaired) electrons. The highest BCUT2D eigenvalue weighted by Crippen LogP contribution is 2.36. The Bertz CT molecular complexity index is 687. The Morgan fingerprint density at radius 3 is 2.09 bits per heavy atom. The molecule has 5 nitrogen and oxygen atoms in total. The number of thiophene rings is 1. The van der Waals surface area contributed by atoms with Gasteiger partial charge in [-0.3, -0.25) is 4.79 Å². The summed E-state index contributed by atoms with van der Waals surface area (Å²) in [7, 11) is 0. The van der Waals surface area contributed by atoms with Crippen LogP contribution in [0.2, 0.25) is 0 Å². The van der Waals surface area contributed by atoms with E-state index in [0.29, 0.717) is 23.6 Å². The molecule has 0 atom stereocenters. The number of unbranched alkanes of at least 4 members (excludes halogenated alkanes) is 12. The first-order chi connectivity index (χ1) is 15.7. The molecule has 0 aliphatic carbocycles. The predicted octanol–water partition coefficient (Wildman–Crippen LogP) is 6.99. The van der Waals surface area contributed by atoms with E-state index in [9.17, 15) is 9.59 Å². The molecule has 6 heteroatoms. The first-order valence-electron chi connectivity index (χ1n) is 13.0. The Labute approximate surface area is 199 Å². The minimum Gasteiger partial charge on any atom is -0.462 e. The molecule has 0 bridgehead atoms. The second kappa shape index (κ2) is 16.2. The molecule has 1 amide bonds. The van der Waals surface area contributed by atoms with Crippen molar-refractivity contribution in [2.75, 3.05) is 18.5 Å². The fraction of sp³-hybridized carbons (Fsp3) is 0.769. The van der Waals surface area contributed by atoms with Crippen LogP contribution < -0.4 is 10.6 Å². The number of nitrogens with one attached hydrogen (secondary N) is 2. The minimum atomic E-state index is -0.317. The minimum absolute atomic E-state index is 0.00479. The quantitative estimate of drug-likeness (QED) is 0.193. The number of hydrogen-bond acceptors (Lipinski definition) is 5. The van der Waals surface area contributed by atoms with Crippen molar-refractivity contribution in [2.45, 2.75) is 117 Å². The number of carbonyl (C=O) groups is 2. The average molecular weight is 465 g/mol. The van der Waals surface area contributed by atoms with Gasteiger partial charge in [-0.05, 0) is 31.9 Å². The maximum Gasteiger partial charge on any atom is 0.341 e. The van der Waals surface area contributed by atoms with Crippen LogP contribution in [0.25, 0.3) is 0 Å². The summed E-state index contributed by atoms with van der Waals surface area (Å²) in [5.41, 5.74) is 1.62. The molecule has 2 N–H and O–H groups in total. The molecule has 1 aliphatic heterocycles. The zero-order valence-electron chi connectivity index (χ0n) is 20.4. The maximum atomic E-state index is 12.5. The number of ether oxygens (including phenoxy) is 1. The van der Waals surface area contributed by atoms with Gasteiger partial charge in [0.05, 0.1) is 12.2 Å². The van der Waals surface area contributed by atoms with Gasteiger partial charge in [0.1, 0.15) is 5.00 Å². The van der Waals surface area contributed by atoms with E-state index in [4.69, 9.17) is 4.74 Å². The number of esters is 1. The predicted molar refractivity (Wildman–Crippen MR) is 135 cm³/mol. The lowest BCUT2D eigenvalue weighted by Gasteiger charge is -2.13. The summed E-state index contributed by atoms with van der Waals surface area (Å²) in [4.78, 5) is 26.1. The summed E-state index contributed by atoms with van der Waals surface area (Å²) in [5.74, 6) is -0.312. The van der Waals surface area contributed by atoms with Crippen molar-refractivity contribution in [1.82, 2.24) is 5.32 Å². The Balaban J connectivity index is 1.60. The van der Waals surface area contributed by atoms with E-state index in [2.05, 4.69) is 17.6 Å². The lowest BCUT2D eigenvalue weighted by molar-refractivity contribution is -0.116. The molecule has 0 unspecified atom stereocenters. The molecule has 2 heterocycles. The lowest BCUT2D eigenvalue weighted by Crippen LogP contribution is -2.23. The molecule has 182 valence electrons. The smallest absolute Gasteiger partial charge is 0.341 e. The molecule has 0 spiro atoms. The number of carbonyl (C=O) groups excluding carboxylic acids is 2. The number of rotatable bonds is 17. The summed E-state index contributed by atoms with van der Waals surface area (Å²) in [6, 6.07) is 0. The second-order valence-electron chi connectivity index (χ2n) is 8.90. The maximum absolute atomic E-state index is 12.5. The topological polar surface area (TPSA) is 67.4 Å². The Hall–Kier alpha value is -1.40. The number of anilines is 1. The molecular weight excluding hydrogens is 420 g/mol. The summed E-state index contributed by atoms with van der Waals surface area (Å²) in [6.07, 6.45) is 18.1. The van der Waals surface area contributed by atoms with Crippen molar-refractivity contribution in [3.63, 3.8) is 0 Å². The van der Waals surface area contributed by atoms with Crippen molar-refractivity contribution < 1.29 is 14.3 Å². The lowest BCUT2D eigenvalue weighted by atomic mass is 10.0. The number of fused-ring (bicyclic) bond motifs is 1. The first kappa shape index (κ1) is 26.8. The van der Waals surface area contributed by atoms with Crippen molar-refractivity contribution >= 4 is 28.2 Å². The zero-order valence-corrected chi connectivity index (χ0v) is 21.2. The third-order valence-electron chi connectivity index (χ3n) is 6.17. The molecule has 1 aliphatic rings. The van der Waals surface area contributed by atoms with Gasteiger partial charge in [-0.1, -0.05) is 84.0 Å². The van der Waals surface area contributed by atoms with Crippen molar-refractivity contribution in [1.29, 1.82) is 0 Å². The molecule has 32 heavy (non-hydrogen) atoms. The van der Waals surface area contributed by atoms with E-state index in [1.807, 2.05) is 6.92 Å². The summed E-state index contributed by atoms with van der Waals surface area (Å²) >= 11 is 1.51. The normalized spacial score (nSPS) is 13.1. The van der Waals surface area contributed by atoms with Crippen molar-refractivity contribution in [3.05, 3.63) is 16.0 Å². The van der Waals surface area contributed by atoms with Gasteiger partial charge in [0.15, 0.2) is 0 Å². The van der Waals surface area contributed by atoms with Crippen LogP contribution in [0.4, 0.5) is 5.00 Å². The van der Waals surface area contributed by atoms with Crippen molar-refractivity contribution in [2.24, 2.45) is 0 Å². The van der Waals surface area contributed by atoms with Crippen LogP contribution in [-0.4, -0.2) is 25.0 Å². The van der Waals surface area contributed by atoms with E-state index in [1.165, 1.54) is 82.0 Å². The van der Waals surface area contributed by atoms with Gasteiger partial charge in [0, 0.05) is 17.8 Å². The molecule has 2 rings (SSSR count). The zero-order chi connectivity index (χ0) is 23.0. The van der Waals surface area contributed by atoms with E-state index >= 15 is 0 Å². The molecule has 0 saturated heterocycles. The van der Waals surface area contributed by atoms with Gasteiger partial charge < -0.3 is 15.4 Å². The van der Waals surface area contributed by atoms with Crippen LogP contribution in [0.15, 0.2) is 0 Å². The van der Waals surface area contributed by atoms with Crippen LogP contribution in [-0.2, 0) is 22.5 Å². The van der Waals surface area contributed by atoms with Gasteiger partial charge in [-0.15, -0.1) is 11.3 Å². The molecule has 0 aromatic carbocycles. The molecule has 1 aromatic heterocycles. The molecule has 0 fully saturated rings.